The number of benzene rings is 1. The second-order valence-corrected chi connectivity index (χ2v) is 3.95. The zero-order chi connectivity index (χ0) is 12.3. The van der Waals surface area contributed by atoms with Crippen LogP contribution in [0.3, 0.4) is 0 Å². The van der Waals surface area contributed by atoms with Crippen molar-refractivity contribution in [3.05, 3.63) is 41.1 Å². The minimum atomic E-state index is -0.676. The van der Waals surface area contributed by atoms with Gasteiger partial charge in [-0.25, -0.2) is 4.79 Å². The molecule has 4 heteroatoms. The van der Waals surface area contributed by atoms with Crippen LogP contribution < -0.4 is 0 Å². The monoisotopic (exact) mass is 233 g/mol. The maximum atomic E-state index is 12.0. The van der Waals surface area contributed by atoms with Gasteiger partial charge in [0.25, 0.3) is 6.04 Å². The predicted octanol–water partition coefficient (Wildman–Crippen LogP) is 1.71. The number of hydrogen-bond donors (Lipinski definition) is 0. The lowest BCUT2D eigenvalue weighted by Crippen LogP contribution is -2.30. The van der Waals surface area contributed by atoms with Crippen LogP contribution >= 0.6 is 0 Å². The summed E-state index contributed by atoms with van der Waals surface area (Å²) in [5.41, 5.74) is 1.55. The number of ether oxygens (including phenoxy) is 1. The van der Waals surface area contributed by atoms with E-state index in [4.69, 9.17) is 4.74 Å². The molecular formula is C13H15NO3. The zero-order valence-corrected chi connectivity index (χ0v) is 9.76. The first-order valence-electron chi connectivity index (χ1n) is 5.78. The number of esters is 1. The van der Waals surface area contributed by atoms with Crippen molar-refractivity contribution >= 4 is 11.7 Å². The predicted molar refractivity (Wildman–Crippen MR) is 63.8 cm³/mol. The van der Waals surface area contributed by atoms with Crippen molar-refractivity contribution < 1.29 is 14.3 Å². The molecule has 2 rings (SSSR count). The summed E-state index contributed by atoms with van der Waals surface area (Å²) >= 11 is 0. The number of nitrogens with zero attached hydrogens (tertiary/aromatic N) is 1. The number of carbonyl (C=O) groups is 1. The lowest BCUT2D eigenvalue weighted by Gasteiger charge is -2.10. The maximum Gasteiger partial charge on any atom is 0.376 e. The highest BCUT2D eigenvalue weighted by Crippen LogP contribution is 2.18. The molecule has 1 heterocycles. The molecule has 90 valence electrons. The van der Waals surface area contributed by atoms with Gasteiger partial charge in [-0.1, -0.05) is 18.2 Å². The molecule has 0 spiro atoms. The van der Waals surface area contributed by atoms with Crippen molar-refractivity contribution in [2.24, 2.45) is 0 Å². The Kier molecular flexibility index (Phi) is 3.42. The van der Waals surface area contributed by atoms with Gasteiger partial charge in [-0.05, 0) is 19.1 Å². The van der Waals surface area contributed by atoms with Gasteiger partial charge in [-0.15, -0.1) is 0 Å². The summed E-state index contributed by atoms with van der Waals surface area (Å²) < 4.78 is 5.69. The van der Waals surface area contributed by atoms with Crippen molar-refractivity contribution in [1.82, 2.24) is 0 Å². The average Bonchev–Trinajstić information content (AvgIpc) is 2.72. The standard InChI is InChI=1S/C13H15NO3/c1-2-17-13(15)12-9-8-11(14(12)16)10-6-4-3-5-7-10/h3-7,12H,2,8-9H2,1H3. The van der Waals surface area contributed by atoms with Crippen LogP contribution in [-0.2, 0) is 9.53 Å². The van der Waals surface area contributed by atoms with E-state index in [9.17, 15) is 10.0 Å². The fourth-order valence-electron chi connectivity index (χ4n) is 2.04. The van der Waals surface area contributed by atoms with Crippen molar-refractivity contribution in [1.29, 1.82) is 0 Å². The van der Waals surface area contributed by atoms with Crippen molar-refractivity contribution in [2.75, 3.05) is 6.61 Å². The second-order valence-electron chi connectivity index (χ2n) is 3.95. The smallest absolute Gasteiger partial charge is 0.376 e. The Labute approximate surface area is 100 Å². The third-order valence-electron chi connectivity index (χ3n) is 2.87. The third kappa shape index (κ3) is 2.30. The highest BCUT2D eigenvalue weighted by Gasteiger charge is 2.36. The van der Waals surface area contributed by atoms with Crippen molar-refractivity contribution in [3.63, 3.8) is 0 Å². The summed E-state index contributed by atoms with van der Waals surface area (Å²) in [6.45, 7) is 2.05. The number of hydrogen-bond acceptors (Lipinski definition) is 3. The van der Waals surface area contributed by atoms with Crippen LogP contribution in [0.4, 0.5) is 0 Å². The first-order valence-corrected chi connectivity index (χ1v) is 5.78. The largest absolute Gasteiger partial charge is 0.623 e. The van der Waals surface area contributed by atoms with E-state index in [1.807, 2.05) is 30.3 Å². The van der Waals surface area contributed by atoms with Crippen LogP contribution in [-0.4, -0.2) is 29.1 Å². The number of rotatable bonds is 3. The SMILES string of the molecule is CCOC(=O)C1CCC(c2ccccc2)=[N+]1[O-]. The highest BCUT2D eigenvalue weighted by atomic mass is 16.5. The molecule has 0 aromatic heterocycles. The molecule has 0 aliphatic carbocycles. The Morgan fingerprint density at radius 1 is 1.47 bits per heavy atom. The fourth-order valence-corrected chi connectivity index (χ4v) is 2.04. The Morgan fingerprint density at radius 2 is 2.18 bits per heavy atom. The van der Waals surface area contributed by atoms with Crippen LogP contribution in [0.15, 0.2) is 30.3 Å². The Bertz CT molecular complexity index is 439. The van der Waals surface area contributed by atoms with Gasteiger partial charge in [0.05, 0.1) is 6.61 Å². The van der Waals surface area contributed by atoms with Gasteiger partial charge in [0.1, 0.15) is 0 Å². The van der Waals surface area contributed by atoms with Crippen LogP contribution in [0.2, 0.25) is 0 Å². The number of carbonyl (C=O) groups excluding carboxylic acids is 1. The molecule has 1 aliphatic heterocycles. The average molecular weight is 233 g/mol. The second kappa shape index (κ2) is 4.99. The van der Waals surface area contributed by atoms with Crippen LogP contribution in [0.1, 0.15) is 25.3 Å². The van der Waals surface area contributed by atoms with Crippen LogP contribution in [0, 0.1) is 5.21 Å². The van der Waals surface area contributed by atoms with E-state index in [1.54, 1.807) is 6.92 Å². The topological polar surface area (TPSA) is 52.4 Å². The van der Waals surface area contributed by atoms with E-state index in [0.717, 1.165) is 10.3 Å². The summed E-state index contributed by atoms with van der Waals surface area (Å²) in [5.74, 6) is -0.423. The number of hydroxylamine groups is 1. The summed E-state index contributed by atoms with van der Waals surface area (Å²) in [5, 5.41) is 12.0. The summed E-state index contributed by atoms with van der Waals surface area (Å²) in [6, 6.07) is 8.76. The van der Waals surface area contributed by atoms with Gasteiger partial charge >= 0.3 is 5.97 Å². The molecule has 1 atom stereocenters. The van der Waals surface area contributed by atoms with Gasteiger partial charge in [0, 0.05) is 18.4 Å². The molecule has 0 amide bonds. The molecule has 0 bridgehead atoms. The van der Waals surface area contributed by atoms with Gasteiger partial charge in [0.2, 0.25) is 0 Å². The minimum absolute atomic E-state index is 0.309. The van der Waals surface area contributed by atoms with Crippen LogP contribution in [0.5, 0.6) is 0 Å². The van der Waals surface area contributed by atoms with E-state index in [0.29, 0.717) is 25.2 Å². The lowest BCUT2D eigenvalue weighted by atomic mass is 10.1. The van der Waals surface area contributed by atoms with E-state index in [1.165, 1.54) is 0 Å². The Balaban J connectivity index is 2.23. The first kappa shape index (κ1) is 11.6. The molecule has 0 saturated carbocycles. The maximum absolute atomic E-state index is 12.0. The van der Waals surface area contributed by atoms with E-state index in [2.05, 4.69) is 0 Å². The normalized spacial score (nSPS) is 19.5. The molecule has 0 radical (unpaired) electrons. The molecule has 1 aromatic carbocycles. The molecule has 0 N–H and O–H groups in total. The molecule has 1 unspecified atom stereocenters. The van der Waals surface area contributed by atoms with E-state index < -0.39 is 12.0 Å². The fraction of sp³-hybridized carbons (Fsp3) is 0.385. The highest BCUT2D eigenvalue weighted by molar-refractivity contribution is 5.99. The molecule has 0 saturated heterocycles. The Hall–Kier alpha value is -1.84. The molecule has 4 nitrogen and oxygen atoms in total. The summed E-state index contributed by atoms with van der Waals surface area (Å²) in [6.07, 6.45) is 1.16. The van der Waals surface area contributed by atoms with Crippen LogP contribution in [0.25, 0.3) is 0 Å². The molecule has 1 aliphatic rings. The molecule has 0 fully saturated rings. The minimum Gasteiger partial charge on any atom is -0.623 e. The summed E-state index contributed by atoms with van der Waals surface area (Å²) in [4.78, 5) is 11.6. The van der Waals surface area contributed by atoms with Gasteiger partial charge in [-0.2, -0.15) is 4.74 Å². The van der Waals surface area contributed by atoms with Gasteiger partial charge in [-0.3, -0.25) is 0 Å². The van der Waals surface area contributed by atoms with E-state index in [-0.39, 0.29) is 0 Å². The summed E-state index contributed by atoms with van der Waals surface area (Å²) in [7, 11) is 0. The third-order valence-corrected chi connectivity index (χ3v) is 2.87. The first-order chi connectivity index (χ1) is 8.24. The molecule has 17 heavy (non-hydrogen) atoms. The van der Waals surface area contributed by atoms with E-state index >= 15 is 0 Å². The van der Waals surface area contributed by atoms with Gasteiger partial charge in [0.15, 0.2) is 5.71 Å². The Morgan fingerprint density at radius 3 is 2.82 bits per heavy atom. The van der Waals surface area contributed by atoms with Gasteiger partial charge < -0.3 is 9.94 Å². The van der Waals surface area contributed by atoms with Crippen molar-refractivity contribution in [2.45, 2.75) is 25.8 Å². The van der Waals surface area contributed by atoms with Crippen molar-refractivity contribution in [3.8, 4) is 0 Å². The molecular weight excluding hydrogens is 218 g/mol. The quantitative estimate of drug-likeness (QED) is 0.453. The lowest BCUT2D eigenvalue weighted by molar-refractivity contribution is -0.480. The zero-order valence-electron chi connectivity index (χ0n) is 9.76. The molecule has 1 aromatic rings.